The predicted molar refractivity (Wildman–Crippen MR) is 124 cm³/mol. The molecule has 5 nitrogen and oxygen atoms in total. The highest BCUT2D eigenvalue weighted by molar-refractivity contribution is 6.46. The molecule has 2 heterocycles. The van der Waals surface area contributed by atoms with E-state index in [4.69, 9.17) is 0 Å². The van der Waals surface area contributed by atoms with Gasteiger partial charge in [-0.1, -0.05) is 60.7 Å². The van der Waals surface area contributed by atoms with Crippen LogP contribution in [0.2, 0.25) is 0 Å². The first-order chi connectivity index (χ1) is 16.0. The Kier molecular flexibility index (Phi) is 5.26. The number of hydrogen-bond acceptors (Lipinski definition) is 3. The van der Waals surface area contributed by atoms with E-state index in [-0.39, 0.29) is 17.9 Å². The Morgan fingerprint density at radius 2 is 1.73 bits per heavy atom. The number of carbonyl (C=O) groups excluding carboxylic acids is 2. The van der Waals surface area contributed by atoms with Crippen molar-refractivity contribution < 1.29 is 19.1 Å². The fourth-order valence-electron chi connectivity index (χ4n) is 4.46. The number of halogens is 1. The second-order valence-electron chi connectivity index (χ2n) is 8.02. The van der Waals surface area contributed by atoms with Gasteiger partial charge in [-0.05, 0) is 35.7 Å². The van der Waals surface area contributed by atoms with E-state index in [2.05, 4.69) is 4.98 Å². The molecule has 0 aliphatic carbocycles. The van der Waals surface area contributed by atoms with Crippen LogP contribution in [0.4, 0.5) is 4.39 Å². The molecule has 0 spiro atoms. The van der Waals surface area contributed by atoms with Crippen LogP contribution < -0.4 is 0 Å². The fourth-order valence-corrected chi connectivity index (χ4v) is 4.46. The molecule has 164 valence electrons. The molecule has 5 rings (SSSR count). The average Bonchev–Trinajstić information content (AvgIpc) is 3.36. The molecule has 33 heavy (non-hydrogen) atoms. The van der Waals surface area contributed by atoms with E-state index in [1.807, 2.05) is 30.5 Å². The van der Waals surface area contributed by atoms with Crippen molar-refractivity contribution in [3.05, 3.63) is 113 Å². The summed E-state index contributed by atoms with van der Waals surface area (Å²) in [5, 5.41) is 12.0. The van der Waals surface area contributed by atoms with Gasteiger partial charge in [-0.15, -0.1) is 0 Å². The Balaban J connectivity index is 1.57. The Morgan fingerprint density at radius 3 is 2.52 bits per heavy atom. The quantitative estimate of drug-likeness (QED) is 0.261. The van der Waals surface area contributed by atoms with E-state index >= 15 is 0 Å². The van der Waals surface area contributed by atoms with Gasteiger partial charge in [-0.3, -0.25) is 9.59 Å². The Labute approximate surface area is 189 Å². The lowest BCUT2D eigenvalue weighted by Gasteiger charge is -2.25. The number of amides is 1. The van der Waals surface area contributed by atoms with Crippen molar-refractivity contribution in [1.29, 1.82) is 0 Å². The zero-order chi connectivity index (χ0) is 22.9. The first-order valence-electron chi connectivity index (χ1n) is 10.7. The highest BCUT2D eigenvalue weighted by Crippen LogP contribution is 2.39. The van der Waals surface area contributed by atoms with Crippen molar-refractivity contribution in [3.63, 3.8) is 0 Å². The lowest BCUT2D eigenvalue weighted by molar-refractivity contribution is -0.139. The summed E-state index contributed by atoms with van der Waals surface area (Å²) in [6.45, 7) is 0.235. The summed E-state index contributed by atoms with van der Waals surface area (Å²) in [5.74, 6) is -2.22. The van der Waals surface area contributed by atoms with Crippen molar-refractivity contribution in [2.75, 3.05) is 6.54 Å². The molecule has 1 unspecified atom stereocenters. The van der Waals surface area contributed by atoms with Crippen LogP contribution in [0.1, 0.15) is 22.7 Å². The minimum Gasteiger partial charge on any atom is -0.507 e. The van der Waals surface area contributed by atoms with Crippen molar-refractivity contribution in [2.45, 2.75) is 12.5 Å². The minimum absolute atomic E-state index is 0.0317. The number of ketones is 1. The molecule has 1 aromatic heterocycles. The number of rotatable bonds is 5. The van der Waals surface area contributed by atoms with Gasteiger partial charge in [0.1, 0.15) is 11.6 Å². The molecule has 1 atom stereocenters. The van der Waals surface area contributed by atoms with Crippen LogP contribution in [0.3, 0.4) is 0 Å². The molecule has 1 fully saturated rings. The van der Waals surface area contributed by atoms with E-state index in [1.165, 1.54) is 23.1 Å². The van der Waals surface area contributed by atoms with Crippen molar-refractivity contribution in [3.8, 4) is 0 Å². The highest BCUT2D eigenvalue weighted by atomic mass is 19.1. The smallest absolute Gasteiger partial charge is 0.295 e. The summed E-state index contributed by atoms with van der Waals surface area (Å²) in [6, 6.07) is 21.4. The topological polar surface area (TPSA) is 73.4 Å². The molecular formula is C27H21FN2O3. The van der Waals surface area contributed by atoms with Crippen LogP contribution in [0, 0.1) is 5.82 Å². The standard InChI is InChI=1S/C27H21FN2O3/c28-20-10-6-9-18(15-20)24-23(25(31)17-7-2-1-3-8-17)26(32)27(33)30(24)14-13-19-16-29-22-12-5-4-11-21(19)22/h1-12,15-16,24,29,31H,13-14H2. The van der Waals surface area contributed by atoms with Crippen LogP contribution in [0.5, 0.6) is 0 Å². The fraction of sp³-hybridized carbons (Fsp3) is 0.111. The number of aromatic nitrogens is 1. The number of fused-ring (bicyclic) bond motifs is 1. The van der Waals surface area contributed by atoms with Gasteiger partial charge < -0.3 is 15.0 Å². The van der Waals surface area contributed by atoms with Gasteiger partial charge in [-0.25, -0.2) is 4.39 Å². The van der Waals surface area contributed by atoms with Crippen LogP contribution >= 0.6 is 0 Å². The number of hydrogen-bond donors (Lipinski definition) is 2. The summed E-state index contributed by atoms with van der Waals surface area (Å²) in [5.41, 5.74) is 2.82. The molecule has 2 N–H and O–H groups in total. The van der Waals surface area contributed by atoms with Gasteiger partial charge in [0.2, 0.25) is 0 Å². The van der Waals surface area contributed by atoms with Crippen LogP contribution in [-0.2, 0) is 16.0 Å². The zero-order valence-electron chi connectivity index (χ0n) is 17.7. The van der Waals surface area contributed by atoms with Crippen molar-refractivity contribution >= 4 is 28.4 Å². The van der Waals surface area contributed by atoms with Gasteiger partial charge >= 0.3 is 0 Å². The minimum atomic E-state index is -0.883. The average molecular weight is 440 g/mol. The predicted octanol–water partition coefficient (Wildman–Crippen LogP) is 4.97. The van der Waals surface area contributed by atoms with E-state index in [0.717, 1.165) is 16.5 Å². The molecule has 4 aromatic rings. The first kappa shape index (κ1) is 20.7. The van der Waals surface area contributed by atoms with E-state index in [0.29, 0.717) is 17.5 Å². The molecule has 0 radical (unpaired) electrons. The van der Waals surface area contributed by atoms with Gasteiger partial charge in [0, 0.05) is 29.2 Å². The molecule has 1 aliphatic heterocycles. The third-order valence-corrected chi connectivity index (χ3v) is 6.05. The lowest BCUT2D eigenvalue weighted by Crippen LogP contribution is -2.31. The van der Waals surface area contributed by atoms with Gasteiger partial charge in [0.05, 0.1) is 11.6 Å². The number of aliphatic hydroxyl groups is 1. The van der Waals surface area contributed by atoms with E-state index < -0.39 is 23.5 Å². The van der Waals surface area contributed by atoms with E-state index in [1.54, 1.807) is 36.4 Å². The normalized spacial score (nSPS) is 17.7. The number of H-pyrrole nitrogens is 1. The Bertz CT molecular complexity index is 1390. The van der Waals surface area contributed by atoms with E-state index in [9.17, 15) is 19.1 Å². The number of nitrogens with one attached hydrogen (secondary N) is 1. The number of nitrogens with zero attached hydrogens (tertiary/aromatic N) is 1. The first-order valence-corrected chi connectivity index (χ1v) is 10.7. The highest BCUT2D eigenvalue weighted by Gasteiger charge is 2.46. The second-order valence-corrected chi connectivity index (χ2v) is 8.02. The summed E-state index contributed by atoms with van der Waals surface area (Å²) in [4.78, 5) is 30.8. The number of aromatic amines is 1. The largest absolute Gasteiger partial charge is 0.507 e. The molecule has 1 saturated heterocycles. The molecule has 6 heteroatoms. The monoisotopic (exact) mass is 440 g/mol. The number of aliphatic hydroxyl groups excluding tert-OH is 1. The number of para-hydroxylation sites is 1. The van der Waals surface area contributed by atoms with Crippen molar-refractivity contribution in [2.24, 2.45) is 0 Å². The van der Waals surface area contributed by atoms with Crippen LogP contribution in [0.25, 0.3) is 16.7 Å². The molecule has 1 aliphatic rings. The Morgan fingerprint density at radius 1 is 0.970 bits per heavy atom. The molecule has 0 bridgehead atoms. The molecule has 3 aromatic carbocycles. The second kappa shape index (κ2) is 8.39. The number of carbonyl (C=O) groups is 2. The zero-order valence-corrected chi connectivity index (χ0v) is 17.7. The summed E-state index contributed by atoms with van der Waals surface area (Å²) in [7, 11) is 0. The molecule has 0 saturated carbocycles. The van der Waals surface area contributed by atoms with Crippen LogP contribution in [-0.4, -0.2) is 33.2 Å². The molecule has 1 amide bonds. The number of likely N-dealkylation sites (tertiary alicyclic amines) is 1. The van der Waals surface area contributed by atoms with Gasteiger partial charge in [0.25, 0.3) is 11.7 Å². The lowest BCUT2D eigenvalue weighted by atomic mass is 9.95. The Hall–Kier alpha value is -4.19. The SMILES string of the molecule is O=C1C(=O)N(CCc2c[nH]c3ccccc23)C(c2cccc(F)c2)C1=C(O)c1ccccc1. The maximum absolute atomic E-state index is 14.1. The third kappa shape index (κ3) is 3.69. The summed E-state index contributed by atoms with van der Waals surface area (Å²) < 4.78 is 14.1. The maximum Gasteiger partial charge on any atom is 0.295 e. The number of benzene rings is 3. The van der Waals surface area contributed by atoms with Crippen LogP contribution in [0.15, 0.2) is 90.6 Å². The number of Topliss-reactive ketones (excluding diaryl/α,β-unsaturated/α-hetero) is 1. The van der Waals surface area contributed by atoms with Gasteiger partial charge in [-0.2, -0.15) is 0 Å². The van der Waals surface area contributed by atoms with Crippen molar-refractivity contribution in [1.82, 2.24) is 9.88 Å². The summed E-state index contributed by atoms with van der Waals surface area (Å²) in [6.07, 6.45) is 2.39. The molecular weight excluding hydrogens is 419 g/mol. The maximum atomic E-state index is 14.1. The van der Waals surface area contributed by atoms with Gasteiger partial charge in [0.15, 0.2) is 0 Å². The third-order valence-electron chi connectivity index (χ3n) is 6.05. The summed E-state index contributed by atoms with van der Waals surface area (Å²) >= 11 is 0.